The molecule has 0 heterocycles. The topological polar surface area (TPSA) is 29.5 Å². The van der Waals surface area contributed by atoms with Crippen LogP contribution in [0.5, 0.6) is 5.75 Å². The lowest BCUT2D eigenvalue weighted by molar-refractivity contribution is 0.0784. The second-order valence-corrected chi connectivity index (χ2v) is 6.85. The Labute approximate surface area is 155 Å². The van der Waals surface area contributed by atoms with Crippen LogP contribution in [0.15, 0.2) is 60.7 Å². The van der Waals surface area contributed by atoms with Gasteiger partial charge in [0.2, 0.25) is 0 Å². The van der Waals surface area contributed by atoms with Gasteiger partial charge in [-0.1, -0.05) is 30.3 Å². The summed E-state index contributed by atoms with van der Waals surface area (Å²) in [7, 11) is 3.50. The van der Waals surface area contributed by atoms with Crippen LogP contribution in [-0.4, -0.2) is 25.0 Å². The van der Waals surface area contributed by atoms with Gasteiger partial charge >= 0.3 is 0 Å². The van der Waals surface area contributed by atoms with Gasteiger partial charge in [0.15, 0.2) is 0 Å². The van der Waals surface area contributed by atoms with E-state index in [2.05, 4.69) is 40.8 Å². The van der Waals surface area contributed by atoms with E-state index in [-0.39, 0.29) is 5.91 Å². The van der Waals surface area contributed by atoms with E-state index in [0.29, 0.717) is 6.54 Å². The Bertz CT molecular complexity index is 892. The Morgan fingerprint density at radius 3 is 2.50 bits per heavy atom. The number of nitrogens with zero attached hydrogens (tertiary/aromatic N) is 1. The van der Waals surface area contributed by atoms with Gasteiger partial charge in [-0.05, 0) is 69.3 Å². The van der Waals surface area contributed by atoms with Crippen LogP contribution in [-0.2, 0) is 6.54 Å². The predicted molar refractivity (Wildman–Crippen MR) is 105 cm³/mol. The van der Waals surface area contributed by atoms with Gasteiger partial charge in [0.05, 0.1) is 12.7 Å². The van der Waals surface area contributed by atoms with Gasteiger partial charge < -0.3 is 9.64 Å². The van der Waals surface area contributed by atoms with E-state index in [4.69, 9.17) is 4.74 Å². The molecule has 0 fully saturated rings. The number of amides is 1. The van der Waals surface area contributed by atoms with Crippen LogP contribution in [0.1, 0.15) is 15.9 Å². The molecular formula is C20H18INO2. The Balaban J connectivity index is 1.81. The Morgan fingerprint density at radius 1 is 1.04 bits per heavy atom. The lowest BCUT2D eigenvalue weighted by atomic mass is 10.1. The molecule has 0 atom stereocenters. The number of carbonyl (C=O) groups excluding carboxylic acids is 1. The van der Waals surface area contributed by atoms with Gasteiger partial charge in [-0.15, -0.1) is 0 Å². The molecule has 3 rings (SSSR count). The Kier molecular flexibility index (Phi) is 5.04. The van der Waals surface area contributed by atoms with Crippen LogP contribution < -0.4 is 4.74 Å². The SMILES string of the molecule is COc1ccc2cc(CN(C)C(=O)c3ccccc3I)ccc2c1. The van der Waals surface area contributed by atoms with E-state index < -0.39 is 0 Å². The standard InChI is InChI=1S/C20H18INO2/c1-22(20(23)18-5-3-4-6-19(18)21)13-14-7-8-16-12-17(24-2)10-9-15(16)11-14/h3-12H,13H2,1-2H3. The van der Waals surface area contributed by atoms with Gasteiger partial charge in [-0.2, -0.15) is 0 Å². The maximum absolute atomic E-state index is 12.6. The number of halogens is 1. The second-order valence-electron chi connectivity index (χ2n) is 5.69. The molecule has 3 nitrogen and oxygen atoms in total. The van der Waals surface area contributed by atoms with Crippen molar-refractivity contribution in [2.45, 2.75) is 6.54 Å². The van der Waals surface area contributed by atoms with Crippen LogP contribution in [0.2, 0.25) is 0 Å². The van der Waals surface area contributed by atoms with Crippen LogP contribution in [0.3, 0.4) is 0 Å². The van der Waals surface area contributed by atoms with Crippen LogP contribution >= 0.6 is 22.6 Å². The van der Waals surface area contributed by atoms with Crippen molar-refractivity contribution in [2.75, 3.05) is 14.2 Å². The number of fused-ring (bicyclic) bond motifs is 1. The largest absolute Gasteiger partial charge is 0.497 e. The average molecular weight is 431 g/mol. The fourth-order valence-corrected chi connectivity index (χ4v) is 3.30. The van der Waals surface area contributed by atoms with Crippen molar-refractivity contribution < 1.29 is 9.53 Å². The van der Waals surface area contributed by atoms with Crippen molar-refractivity contribution in [3.63, 3.8) is 0 Å². The number of hydrogen-bond donors (Lipinski definition) is 0. The first-order valence-corrected chi connectivity index (χ1v) is 8.73. The Hall–Kier alpha value is -2.08. The Morgan fingerprint density at radius 2 is 1.75 bits per heavy atom. The molecule has 122 valence electrons. The minimum Gasteiger partial charge on any atom is -0.497 e. The van der Waals surface area contributed by atoms with Crippen molar-refractivity contribution in [2.24, 2.45) is 0 Å². The number of carbonyl (C=O) groups is 1. The first-order chi connectivity index (χ1) is 11.6. The van der Waals surface area contributed by atoms with Crippen molar-refractivity contribution in [1.29, 1.82) is 0 Å². The van der Waals surface area contributed by atoms with Crippen LogP contribution in [0.4, 0.5) is 0 Å². The van der Waals surface area contributed by atoms with Crippen LogP contribution in [0.25, 0.3) is 10.8 Å². The molecule has 0 aliphatic heterocycles. The van der Waals surface area contributed by atoms with E-state index in [9.17, 15) is 4.79 Å². The number of ether oxygens (including phenoxy) is 1. The molecule has 0 radical (unpaired) electrons. The fraction of sp³-hybridized carbons (Fsp3) is 0.150. The van der Waals surface area contributed by atoms with Crippen molar-refractivity contribution in [1.82, 2.24) is 4.90 Å². The third kappa shape index (κ3) is 3.53. The maximum atomic E-state index is 12.6. The summed E-state index contributed by atoms with van der Waals surface area (Å²) in [6.07, 6.45) is 0. The molecule has 3 aromatic carbocycles. The van der Waals surface area contributed by atoms with E-state index in [1.165, 1.54) is 0 Å². The molecule has 24 heavy (non-hydrogen) atoms. The first-order valence-electron chi connectivity index (χ1n) is 7.65. The molecule has 0 N–H and O–H groups in total. The molecule has 1 amide bonds. The number of rotatable bonds is 4. The second kappa shape index (κ2) is 7.21. The van der Waals surface area contributed by atoms with E-state index in [1.54, 1.807) is 12.0 Å². The summed E-state index contributed by atoms with van der Waals surface area (Å²) in [6, 6.07) is 19.9. The molecule has 0 aliphatic carbocycles. The molecule has 0 aromatic heterocycles. The summed E-state index contributed by atoms with van der Waals surface area (Å²) < 4.78 is 6.23. The highest BCUT2D eigenvalue weighted by Gasteiger charge is 2.14. The monoisotopic (exact) mass is 431 g/mol. The van der Waals surface area contributed by atoms with Crippen LogP contribution in [0, 0.1) is 3.57 Å². The summed E-state index contributed by atoms with van der Waals surface area (Å²) in [5, 5.41) is 2.27. The van der Waals surface area contributed by atoms with Crippen molar-refractivity contribution >= 4 is 39.3 Å². The molecule has 4 heteroatoms. The summed E-state index contributed by atoms with van der Waals surface area (Å²) in [5.41, 5.74) is 1.85. The fourth-order valence-electron chi connectivity index (χ4n) is 2.68. The van der Waals surface area contributed by atoms with E-state index in [0.717, 1.165) is 31.2 Å². The number of benzene rings is 3. The highest BCUT2D eigenvalue weighted by Crippen LogP contribution is 2.23. The lowest BCUT2D eigenvalue weighted by Gasteiger charge is -2.18. The molecule has 0 unspecified atom stereocenters. The third-order valence-corrected chi connectivity index (χ3v) is 4.92. The van der Waals surface area contributed by atoms with E-state index in [1.807, 2.05) is 49.5 Å². The highest BCUT2D eigenvalue weighted by atomic mass is 127. The number of hydrogen-bond acceptors (Lipinski definition) is 2. The van der Waals surface area contributed by atoms with Crippen molar-refractivity contribution in [3.05, 3.63) is 75.4 Å². The molecule has 0 aliphatic rings. The zero-order valence-corrected chi connectivity index (χ0v) is 15.8. The minimum atomic E-state index is 0.0369. The summed E-state index contributed by atoms with van der Waals surface area (Å²) in [5.74, 6) is 0.885. The summed E-state index contributed by atoms with van der Waals surface area (Å²) in [4.78, 5) is 14.4. The maximum Gasteiger partial charge on any atom is 0.254 e. The zero-order valence-electron chi connectivity index (χ0n) is 13.6. The number of methoxy groups -OCH3 is 1. The normalized spacial score (nSPS) is 10.6. The molecule has 0 spiro atoms. The molecule has 0 bridgehead atoms. The smallest absolute Gasteiger partial charge is 0.254 e. The van der Waals surface area contributed by atoms with Gasteiger partial charge in [-0.25, -0.2) is 0 Å². The zero-order chi connectivity index (χ0) is 17.1. The summed E-state index contributed by atoms with van der Waals surface area (Å²) in [6.45, 7) is 0.575. The molecular weight excluding hydrogens is 413 g/mol. The average Bonchev–Trinajstić information content (AvgIpc) is 2.61. The summed E-state index contributed by atoms with van der Waals surface area (Å²) >= 11 is 2.20. The third-order valence-electron chi connectivity index (χ3n) is 3.98. The van der Waals surface area contributed by atoms with Gasteiger partial charge in [0.25, 0.3) is 5.91 Å². The highest BCUT2D eigenvalue weighted by molar-refractivity contribution is 14.1. The molecule has 0 saturated heterocycles. The lowest BCUT2D eigenvalue weighted by Crippen LogP contribution is -2.26. The van der Waals surface area contributed by atoms with Gasteiger partial charge in [-0.3, -0.25) is 4.79 Å². The van der Waals surface area contributed by atoms with Gasteiger partial charge in [0, 0.05) is 17.2 Å². The minimum absolute atomic E-state index is 0.0369. The molecule has 3 aromatic rings. The first kappa shape index (κ1) is 16.8. The van der Waals surface area contributed by atoms with E-state index >= 15 is 0 Å². The molecule has 0 saturated carbocycles. The predicted octanol–water partition coefficient (Wildman–Crippen LogP) is 4.73. The quantitative estimate of drug-likeness (QED) is 0.560. The van der Waals surface area contributed by atoms with Gasteiger partial charge in [0.1, 0.15) is 5.75 Å². The van der Waals surface area contributed by atoms with Crippen molar-refractivity contribution in [3.8, 4) is 5.75 Å².